The van der Waals surface area contributed by atoms with Gasteiger partial charge < -0.3 is 9.88 Å². The second kappa shape index (κ2) is 10.5. The fourth-order valence-electron chi connectivity index (χ4n) is 2.68. The third-order valence-electron chi connectivity index (χ3n) is 4.65. The summed E-state index contributed by atoms with van der Waals surface area (Å²) in [6.45, 7) is 6.20. The number of halogens is 1. The molecule has 1 heterocycles. The first-order chi connectivity index (χ1) is 14.8. The number of amides is 1. The summed E-state index contributed by atoms with van der Waals surface area (Å²) in [5, 5.41) is 16.9. The fraction of sp³-hybridized carbons (Fsp3) is 0.273. The number of benzene rings is 2. The van der Waals surface area contributed by atoms with Gasteiger partial charge in [0.15, 0.2) is 11.0 Å². The number of anilines is 1. The van der Waals surface area contributed by atoms with Crippen LogP contribution in [0.5, 0.6) is 0 Å². The van der Waals surface area contributed by atoms with E-state index in [4.69, 9.17) is 11.6 Å². The molecular formula is C22H25ClN6OS. The molecule has 0 aliphatic rings. The number of hydrogen-bond acceptors (Lipinski definition) is 6. The van der Waals surface area contributed by atoms with Gasteiger partial charge in [0.1, 0.15) is 0 Å². The van der Waals surface area contributed by atoms with Gasteiger partial charge in [-0.2, -0.15) is 5.10 Å². The van der Waals surface area contributed by atoms with E-state index in [2.05, 4.69) is 26.0 Å². The lowest BCUT2D eigenvalue weighted by Gasteiger charge is -2.10. The molecule has 3 aromatic rings. The first-order valence-electron chi connectivity index (χ1n) is 9.79. The Balaban J connectivity index is 1.56. The van der Waals surface area contributed by atoms with Crippen molar-refractivity contribution >= 4 is 40.7 Å². The van der Waals surface area contributed by atoms with Gasteiger partial charge in [0, 0.05) is 17.8 Å². The summed E-state index contributed by atoms with van der Waals surface area (Å²) in [7, 11) is 1.88. The van der Waals surface area contributed by atoms with Crippen LogP contribution in [0.15, 0.2) is 58.8 Å². The zero-order valence-electron chi connectivity index (χ0n) is 17.9. The summed E-state index contributed by atoms with van der Waals surface area (Å²) >= 11 is 7.34. The average molecular weight is 457 g/mol. The lowest BCUT2D eigenvalue weighted by Crippen LogP contribution is -2.28. The van der Waals surface area contributed by atoms with E-state index in [1.165, 1.54) is 17.3 Å². The summed E-state index contributed by atoms with van der Waals surface area (Å²) < 4.78 is 1.87. The second-order valence-electron chi connectivity index (χ2n) is 7.12. The maximum atomic E-state index is 12.5. The van der Waals surface area contributed by atoms with E-state index in [0.29, 0.717) is 16.7 Å². The summed E-state index contributed by atoms with van der Waals surface area (Å²) in [6.07, 6.45) is 0. The summed E-state index contributed by atoms with van der Waals surface area (Å²) in [5.74, 6) is 0.557. The smallest absolute Gasteiger partial charge is 0.253 e. The third kappa shape index (κ3) is 6.32. The van der Waals surface area contributed by atoms with Gasteiger partial charge in [-0.15, -0.1) is 10.2 Å². The molecule has 162 valence electrons. The van der Waals surface area contributed by atoms with Crippen LogP contribution in [0.1, 0.15) is 30.8 Å². The molecule has 0 aliphatic heterocycles. The van der Waals surface area contributed by atoms with Crippen molar-refractivity contribution < 1.29 is 4.79 Å². The van der Waals surface area contributed by atoms with Gasteiger partial charge in [-0.25, -0.2) is 5.43 Å². The first-order valence-corrected chi connectivity index (χ1v) is 11.0. The number of nitrogens with zero attached hydrogens (tertiary/aromatic N) is 4. The Kier molecular flexibility index (Phi) is 7.70. The molecular weight excluding hydrogens is 432 g/mol. The highest BCUT2D eigenvalue weighted by Gasteiger charge is 2.18. The van der Waals surface area contributed by atoms with Crippen LogP contribution >= 0.6 is 23.4 Å². The summed E-state index contributed by atoms with van der Waals surface area (Å²) in [6, 6.07) is 15.5. The normalized spacial score (nSPS) is 12.5. The van der Waals surface area contributed by atoms with Crippen LogP contribution in [0, 0.1) is 6.92 Å². The van der Waals surface area contributed by atoms with Crippen LogP contribution in [0.4, 0.5) is 5.69 Å². The Bertz CT molecular complexity index is 1080. The lowest BCUT2D eigenvalue weighted by molar-refractivity contribution is -0.120. The molecule has 1 atom stereocenters. The Morgan fingerprint density at radius 2 is 1.97 bits per heavy atom. The second-order valence-corrected chi connectivity index (χ2v) is 8.87. The molecule has 0 radical (unpaired) electrons. The summed E-state index contributed by atoms with van der Waals surface area (Å²) in [5.41, 5.74) is 6.44. The molecule has 9 heteroatoms. The predicted octanol–water partition coefficient (Wildman–Crippen LogP) is 4.41. The Morgan fingerprint density at radius 3 is 2.68 bits per heavy atom. The van der Waals surface area contributed by atoms with Gasteiger partial charge in [0.05, 0.1) is 17.5 Å². The van der Waals surface area contributed by atoms with Crippen molar-refractivity contribution in [3.63, 3.8) is 0 Å². The van der Waals surface area contributed by atoms with Gasteiger partial charge in [-0.1, -0.05) is 59.3 Å². The molecule has 2 aromatic carbocycles. The molecule has 1 aromatic heterocycles. The van der Waals surface area contributed by atoms with Gasteiger partial charge in [-0.3, -0.25) is 4.79 Å². The molecule has 0 fully saturated rings. The van der Waals surface area contributed by atoms with E-state index < -0.39 is 0 Å². The molecule has 3 rings (SSSR count). The van der Waals surface area contributed by atoms with Gasteiger partial charge in [-0.05, 0) is 44.5 Å². The van der Waals surface area contributed by atoms with Crippen molar-refractivity contribution in [2.24, 2.45) is 12.1 Å². The maximum Gasteiger partial charge on any atom is 0.253 e. The minimum absolute atomic E-state index is 0.196. The monoisotopic (exact) mass is 456 g/mol. The van der Waals surface area contributed by atoms with Gasteiger partial charge in [0.25, 0.3) is 5.91 Å². The van der Waals surface area contributed by atoms with Crippen LogP contribution in [-0.4, -0.2) is 31.6 Å². The molecule has 0 bridgehead atoms. The van der Waals surface area contributed by atoms with Crippen LogP contribution in [0.2, 0.25) is 5.02 Å². The average Bonchev–Trinajstić information content (AvgIpc) is 3.10. The molecule has 0 saturated heterocycles. The van der Waals surface area contributed by atoms with Crippen molar-refractivity contribution in [2.75, 3.05) is 5.32 Å². The van der Waals surface area contributed by atoms with Crippen LogP contribution in [-0.2, 0) is 18.4 Å². The topological polar surface area (TPSA) is 84.2 Å². The molecule has 1 amide bonds. The largest absolute Gasteiger partial charge is 0.378 e. The molecule has 0 spiro atoms. The van der Waals surface area contributed by atoms with Crippen LogP contribution < -0.4 is 10.7 Å². The van der Waals surface area contributed by atoms with E-state index in [1.807, 2.05) is 80.9 Å². The Hall–Kier alpha value is -2.84. The zero-order chi connectivity index (χ0) is 22.4. The van der Waals surface area contributed by atoms with Crippen molar-refractivity contribution in [2.45, 2.75) is 37.7 Å². The number of rotatable bonds is 8. The molecule has 1 unspecified atom stereocenters. The number of hydrogen-bond donors (Lipinski definition) is 2. The number of carbonyl (C=O) groups excluding carboxylic acids is 1. The van der Waals surface area contributed by atoms with Gasteiger partial charge >= 0.3 is 0 Å². The Morgan fingerprint density at radius 1 is 1.23 bits per heavy atom. The molecule has 2 N–H and O–H groups in total. The number of thioether (sulfide) groups is 1. The predicted molar refractivity (Wildman–Crippen MR) is 127 cm³/mol. The third-order valence-corrected chi connectivity index (χ3v) is 6.02. The van der Waals surface area contributed by atoms with E-state index in [0.717, 1.165) is 22.8 Å². The zero-order valence-corrected chi connectivity index (χ0v) is 19.5. The Labute approximate surface area is 191 Å². The quantitative estimate of drug-likeness (QED) is 0.298. The number of aryl methyl sites for hydroxylation is 1. The highest BCUT2D eigenvalue weighted by molar-refractivity contribution is 8.00. The lowest BCUT2D eigenvalue weighted by atomic mass is 10.1. The van der Waals surface area contributed by atoms with E-state index in [1.54, 1.807) is 0 Å². The maximum absolute atomic E-state index is 12.5. The number of hydrazone groups is 1. The van der Waals surface area contributed by atoms with Crippen molar-refractivity contribution in [1.82, 2.24) is 20.2 Å². The highest BCUT2D eigenvalue weighted by atomic mass is 35.5. The standard InChI is InChI=1S/C22H25ClN6OS/c1-14-8-10-17(11-9-14)15(2)25-27-21(30)16(3)31-22-28-26-20(29(22)4)13-24-19-7-5-6-18(23)12-19/h5-12,16,24H,13H2,1-4H3,(H,27,30)/b25-15-. The van der Waals surface area contributed by atoms with Crippen molar-refractivity contribution in [3.8, 4) is 0 Å². The van der Waals surface area contributed by atoms with E-state index >= 15 is 0 Å². The SMILES string of the molecule is C/C(=N/NC(=O)C(C)Sc1nnc(CNc2cccc(Cl)c2)n1C)c1ccc(C)cc1. The van der Waals surface area contributed by atoms with Crippen molar-refractivity contribution in [1.29, 1.82) is 0 Å². The number of nitrogens with one attached hydrogen (secondary N) is 2. The van der Waals surface area contributed by atoms with Crippen LogP contribution in [0.3, 0.4) is 0 Å². The number of aromatic nitrogens is 3. The minimum Gasteiger partial charge on any atom is -0.378 e. The highest BCUT2D eigenvalue weighted by Crippen LogP contribution is 2.22. The van der Waals surface area contributed by atoms with Crippen LogP contribution in [0.25, 0.3) is 0 Å². The summed E-state index contributed by atoms with van der Waals surface area (Å²) in [4.78, 5) is 12.5. The number of carbonyl (C=O) groups is 1. The molecule has 0 saturated carbocycles. The van der Waals surface area contributed by atoms with Crippen molar-refractivity contribution in [3.05, 3.63) is 70.5 Å². The minimum atomic E-state index is -0.383. The van der Waals surface area contributed by atoms with Gasteiger partial charge in [0.2, 0.25) is 0 Å². The van der Waals surface area contributed by atoms with E-state index in [9.17, 15) is 4.79 Å². The molecule has 7 nitrogen and oxygen atoms in total. The molecule has 31 heavy (non-hydrogen) atoms. The fourth-order valence-corrected chi connectivity index (χ4v) is 3.70. The first kappa shape index (κ1) is 22.8. The van der Waals surface area contributed by atoms with E-state index in [-0.39, 0.29) is 11.2 Å². The molecule has 0 aliphatic carbocycles.